The number of ether oxygens (including phenoxy) is 2. The largest absolute Gasteiger partial charge is 0.490 e. The highest BCUT2D eigenvalue weighted by atomic mass is 19.1. The highest BCUT2D eigenvalue weighted by molar-refractivity contribution is 5.92. The number of rotatable bonds is 4. The molecule has 1 unspecified atom stereocenters. The van der Waals surface area contributed by atoms with Crippen LogP contribution in [0.15, 0.2) is 36.4 Å². The number of amides is 1. The molecule has 0 saturated carbocycles. The third-order valence-corrected chi connectivity index (χ3v) is 5.01. The minimum Gasteiger partial charge on any atom is -0.490 e. The van der Waals surface area contributed by atoms with Crippen LogP contribution in [0.2, 0.25) is 0 Å². The minimum atomic E-state index is -0.721. The zero-order valence-corrected chi connectivity index (χ0v) is 15.4. The summed E-state index contributed by atoms with van der Waals surface area (Å²) in [7, 11) is 0. The van der Waals surface area contributed by atoms with E-state index in [1.54, 1.807) is 0 Å². The molecule has 2 aromatic carbocycles. The molecule has 5 nitrogen and oxygen atoms in total. The van der Waals surface area contributed by atoms with Crippen molar-refractivity contribution < 1.29 is 23.0 Å². The van der Waals surface area contributed by atoms with Crippen molar-refractivity contribution in [2.75, 3.05) is 31.6 Å². The van der Waals surface area contributed by atoms with E-state index in [0.29, 0.717) is 13.2 Å². The fourth-order valence-electron chi connectivity index (χ4n) is 3.79. The molecule has 0 aliphatic carbocycles. The summed E-state index contributed by atoms with van der Waals surface area (Å²) in [6.45, 7) is 2.20. The Labute approximate surface area is 162 Å². The predicted molar refractivity (Wildman–Crippen MR) is 101 cm³/mol. The number of likely N-dealkylation sites (tertiary alicyclic amines) is 1. The Bertz CT molecular complexity index is 854. The van der Waals surface area contributed by atoms with Crippen LogP contribution in [-0.2, 0) is 4.79 Å². The van der Waals surface area contributed by atoms with Crippen LogP contribution in [0, 0.1) is 11.6 Å². The van der Waals surface area contributed by atoms with E-state index in [4.69, 9.17) is 9.47 Å². The molecular formula is C21H22F2N2O3. The maximum Gasteiger partial charge on any atom is 0.238 e. The van der Waals surface area contributed by atoms with E-state index < -0.39 is 11.6 Å². The Morgan fingerprint density at radius 1 is 1.04 bits per heavy atom. The number of carbonyl (C=O) groups is 1. The number of carbonyl (C=O) groups excluding carboxylic acids is 1. The van der Waals surface area contributed by atoms with Crippen LogP contribution in [0.4, 0.5) is 14.5 Å². The third kappa shape index (κ3) is 4.25. The second-order valence-corrected chi connectivity index (χ2v) is 7.09. The van der Waals surface area contributed by atoms with Crippen molar-refractivity contribution in [1.29, 1.82) is 0 Å². The van der Waals surface area contributed by atoms with Crippen molar-refractivity contribution in [3.05, 3.63) is 53.6 Å². The van der Waals surface area contributed by atoms with E-state index in [1.807, 2.05) is 18.2 Å². The Morgan fingerprint density at radius 2 is 1.79 bits per heavy atom. The van der Waals surface area contributed by atoms with E-state index >= 15 is 0 Å². The SMILES string of the molecule is O=C(CN1CCCC1c1ccc2c(c1)OCCCO2)Nc1cc(F)cc(F)c1. The van der Waals surface area contributed by atoms with Crippen molar-refractivity contribution in [1.82, 2.24) is 4.90 Å². The van der Waals surface area contributed by atoms with Gasteiger partial charge in [0.25, 0.3) is 0 Å². The standard InChI is InChI=1S/C21H22F2N2O3/c22-15-10-16(23)12-17(11-15)24-21(26)13-25-6-1-3-18(25)14-4-5-19-20(9-14)28-8-2-7-27-19/h4-5,9-12,18H,1-3,6-8,13H2,(H,24,26). The molecule has 4 rings (SSSR count). The molecule has 2 aliphatic rings. The van der Waals surface area contributed by atoms with Gasteiger partial charge in [-0.1, -0.05) is 6.07 Å². The average molecular weight is 388 g/mol. The van der Waals surface area contributed by atoms with E-state index in [9.17, 15) is 13.6 Å². The summed E-state index contributed by atoms with van der Waals surface area (Å²) < 4.78 is 38.1. The van der Waals surface area contributed by atoms with E-state index in [2.05, 4.69) is 10.2 Å². The normalized spacial score (nSPS) is 19.3. The quantitative estimate of drug-likeness (QED) is 0.863. The second-order valence-electron chi connectivity index (χ2n) is 7.09. The predicted octanol–water partition coefficient (Wildman–Crippen LogP) is 3.90. The van der Waals surface area contributed by atoms with Gasteiger partial charge < -0.3 is 14.8 Å². The number of benzene rings is 2. The second kappa shape index (κ2) is 8.14. The molecule has 2 aliphatic heterocycles. The van der Waals surface area contributed by atoms with E-state index in [0.717, 1.165) is 61.1 Å². The molecule has 1 fully saturated rings. The fraction of sp³-hybridized carbons (Fsp3) is 0.381. The van der Waals surface area contributed by atoms with Crippen LogP contribution in [-0.4, -0.2) is 37.1 Å². The van der Waals surface area contributed by atoms with Gasteiger partial charge in [-0.25, -0.2) is 8.78 Å². The lowest BCUT2D eigenvalue weighted by Crippen LogP contribution is -2.33. The van der Waals surface area contributed by atoms with E-state index in [1.165, 1.54) is 0 Å². The van der Waals surface area contributed by atoms with Gasteiger partial charge in [0.2, 0.25) is 5.91 Å². The van der Waals surface area contributed by atoms with Gasteiger partial charge in [0.15, 0.2) is 11.5 Å². The maximum atomic E-state index is 13.3. The lowest BCUT2D eigenvalue weighted by Gasteiger charge is -2.25. The summed E-state index contributed by atoms with van der Waals surface area (Å²) in [6.07, 6.45) is 2.75. The topological polar surface area (TPSA) is 50.8 Å². The Balaban J connectivity index is 1.45. The molecule has 0 radical (unpaired) electrons. The third-order valence-electron chi connectivity index (χ3n) is 5.01. The van der Waals surface area contributed by atoms with Gasteiger partial charge in [0, 0.05) is 24.2 Å². The number of halogens is 2. The van der Waals surface area contributed by atoms with Gasteiger partial charge in [0.1, 0.15) is 11.6 Å². The van der Waals surface area contributed by atoms with Crippen LogP contribution in [0.1, 0.15) is 30.9 Å². The number of fused-ring (bicyclic) bond motifs is 1. The summed E-state index contributed by atoms with van der Waals surface area (Å²) in [4.78, 5) is 14.5. The van der Waals surface area contributed by atoms with Gasteiger partial charge in [-0.2, -0.15) is 0 Å². The summed E-state index contributed by atoms with van der Waals surface area (Å²) in [5.41, 5.74) is 1.19. The van der Waals surface area contributed by atoms with Gasteiger partial charge in [-0.15, -0.1) is 0 Å². The fourth-order valence-corrected chi connectivity index (χ4v) is 3.79. The minimum absolute atomic E-state index is 0.0900. The monoisotopic (exact) mass is 388 g/mol. The number of hydrogen-bond acceptors (Lipinski definition) is 4. The van der Waals surface area contributed by atoms with Gasteiger partial charge in [-0.3, -0.25) is 9.69 Å². The van der Waals surface area contributed by atoms with Crippen LogP contribution >= 0.6 is 0 Å². The van der Waals surface area contributed by atoms with Crippen LogP contribution in [0.3, 0.4) is 0 Å². The average Bonchev–Trinajstić information content (AvgIpc) is 2.96. The molecule has 7 heteroatoms. The molecule has 0 aromatic heterocycles. The van der Waals surface area contributed by atoms with Crippen molar-refractivity contribution in [2.45, 2.75) is 25.3 Å². The molecule has 1 saturated heterocycles. The number of hydrogen-bond donors (Lipinski definition) is 1. The Kier molecular flexibility index (Phi) is 5.43. The van der Waals surface area contributed by atoms with Crippen molar-refractivity contribution in [2.24, 2.45) is 0 Å². The summed E-state index contributed by atoms with van der Waals surface area (Å²) in [5, 5.41) is 2.58. The van der Waals surface area contributed by atoms with Crippen LogP contribution in [0.5, 0.6) is 11.5 Å². The van der Waals surface area contributed by atoms with Crippen LogP contribution in [0.25, 0.3) is 0 Å². The van der Waals surface area contributed by atoms with Crippen molar-refractivity contribution >= 4 is 11.6 Å². The summed E-state index contributed by atoms with van der Waals surface area (Å²) in [6, 6.07) is 8.99. The number of nitrogens with zero attached hydrogens (tertiary/aromatic N) is 1. The summed E-state index contributed by atoms with van der Waals surface area (Å²) >= 11 is 0. The highest BCUT2D eigenvalue weighted by Crippen LogP contribution is 2.37. The maximum absolute atomic E-state index is 13.3. The van der Waals surface area contributed by atoms with Gasteiger partial charge in [-0.05, 0) is 49.2 Å². The zero-order valence-electron chi connectivity index (χ0n) is 15.4. The molecule has 0 spiro atoms. The van der Waals surface area contributed by atoms with Crippen molar-refractivity contribution in [3.8, 4) is 11.5 Å². The molecule has 1 N–H and O–H groups in total. The molecule has 2 heterocycles. The first-order chi connectivity index (χ1) is 13.6. The molecule has 1 atom stereocenters. The Hall–Kier alpha value is -2.67. The van der Waals surface area contributed by atoms with Crippen LogP contribution < -0.4 is 14.8 Å². The number of nitrogens with one attached hydrogen (secondary N) is 1. The molecule has 1 amide bonds. The first kappa shape index (κ1) is 18.7. The smallest absolute Gasteiger partial charge is 0.238 e. The molecule has 28 heavy (non-hydrogen) atoms. The number of anilines is 1. The molecule has 2 aromatic rings. The van der Waals surface area contributed by atoms with Crippen molar-refractivity contribution in [3.63, 3.8) is 0 Å². The Morgan fingerprint density at radius 3 is 2.57 bits per heavy atom. The first-order valence-electron chi connectivity index (χ1n) is 9.48. The molecule has 0 bridgehead atoms. The lowest BCUT2D eigenvalue weighted by molar-refractivity contribution is -0.117. The first-order valence-corrected chi connectivity index (χ1v) is 9.48. The molecule has 148 valence electrons. The molecular weight excluding hydrogens is 366 g/mol. The zero-order chi connectivity index (χ0) is 19.5. The highest BCUT2D eigenvalue weighted by Gasteiger charge is 2.28. The van der Waals surface area contributed by atoms with E-state index in [-0.39, 0.29) is 24.2 Å². The van der Waals surface area contributed by atoms with Gasteiger partial charge >= 0.3 is 0 Å². The lowest BCUT2D eigenvalue weighted by atomic mass is 10.0. The van der Waals surface area contributed by atoms with Gasteiger partial charge in [0.05, 0.1) is 19.8 Å². The summed E-state index contributed by atoms with van der Waals surface area (Å²) in [5.74, 6) is -0.257.